The van der Waals surface area contributed by atoms with E-state index in [2.05, 4.69) is 0 Å². The monoisotopic (exact) mass is 222 g/mol. The Labute approximate surface area is 96.0 Å². The second-order valence-corrected chi connectivity index (χ2v) is 3.68. The van der Waals surface area contributed by atoms with Gasteiger partial charge in [0.05, 0.1) is 13.1 Å². The number of likely N-dealkylation sites (N-methyl/N-ethyl adjacent to an activating group) is 1. The predicted octanol–water partition coefficient (Wildman–Crippen LogP) is 0.791. The van der Waals surface area contributed by atoms with Crippen molar-refractivity contribution in [3.8, 4) is 5.75 Å². The topological polar surface area (TPSA) is 55.6 Å². The number of hydrogen-bond donors (Lipinski definition) is 1. The summed E-state index contributed by atoms with van der Waals surface area (Å²) in [5.74, 6) is 0.751. The van der Waals surface area contributed by atoms with Gasteiger partial charge in [-0.2, -0.15) is 0 Å². The van der Waals surface area contributed by atoms with E-state index in [-0.39, 0.29) is 12.5 Å². The van der Waals surface area contributed by atoms with Crippen LogP contribution in [0.1, 0.15) is 5.56 Å². The Balaban J connectivity index is 2.33. The van der Waals surface area contributed by atoms with E-state index in [1.807, 2.05) is 31.2 Å². The first-order chi connectivity index (χ1) is 7.63. The molecule has 16 heavy (non-hydrogen) atoms. The van der Waals surface area contributed by atoms with Crippen LogP contribution in [0.2, 0.25) is 0 Å². The average molecular weight is 222 g/mol. The zero-order valence-corrected chi connectivity index (χ0v) is 9.77. The van der Waals surface area contributed by atoms with E-state index in [1.54, 1.807) is 11.9 Å². The predicted molar refractivity (Wildman–Crippen MR) is 63.4 cm³/mol. The molecule has 0 aliphatic rings. The highest BCUT2D eigenvalue weighted by atomic mass is 16.5. The van der Waals surface area contributed by atoms with Gasteiger partial charge in [0, 0.05) is 7.05 Å². The van der Waals surface area contributed by atoms with E-state index in [9.17, 15) is 4.79 Å². The molecule has 4 nitrogen and oxygen atoms in total. The molecule has 0 bridgehead atoms. The number of hydrogen-bond acceptors (Lipinski definition) is 3. The van der Waals surface area contributed by atoms with Crippen LogP contribution in [0.5, 0.6) is 5.75 Å². The molecule has 0 saturated heterocycles. The lowest BCUT2D eigenvalue weighted by Gasteiger charge is -2.16. The molecule has 88 valence electrons. The van der Waals surface area contributed by atoms with Crippen LogP contribution >= 0.6 is 0 Å². The maximum absolute atomic E-state index is 11.2. The minimum absolute atomic E-state index is 0.0426. The molecule has 0 atom stereocenters. The molecule has 1 aromatic carbocycles. The first-order valence-electron chi connectivity index (χ1n) is 5.27. The van der Waals surface area contributed by atoms with Gasteiger partial charge in [0.1, 0.15) is 12.4 Å². The van der Waals surface area contributed by atoms with Gasteiger partial charge in [-0.1, -0.05) is 12.1 Å². The Kier molecular flexibility index (Phi) is 4.79. The minimum Gasteiger partial charge on any atom is -0.492 e. The molecule has 2 N–H and O–H groups in total. The van der Waals surface area contributed by atoms with Crippen LogP contribution in [0, 0.1) is 6.92 Å². The van der Waals surface area contributed by atoms with Gasteiger partial charge >= 0.3 is 0 Å². The van der Waals surface area contributed by atoms with Gasteiger partial charge in [0.2, 0.25) is 5.91 Å². The Hall–Kier alpha value is -1.55. The minimum atomic E-state index is -0.0761. The number of carbonyl (C=O) groups is 1. The maximum atomic E-state index is 11.2. The molecule has 0 unspecified atom stereocenters. The number of rotatable bonds is 5. The molecule has 0 aromatic heterocycles. The molecule has 0 spiro atoms. The Bertz CT molecular complexity index is 353. The molecule has 4 heteroatoms. The number of aryl methyl sites for hydroxylation is 1. The molecular weight excluding hydrogens is 204 g/mol. The summed E-state index contributed by atoms with van der Waals surface area (Å²) in [4.78, 5) is 12.7. The van der Waals surface area contributed by atoms with E-state index in [1.165, 1.54) is 0 Å². The van der Waals surface area contributed by atoms with E-state index in [0.29, 0.717) is 13.2 Å². The highest BCUT2D eigenvalue weighted by Gasteiger charge is 2.05. The zero-order chi connectivity index (χ0) is 12.0. The lowest BCUT2D eigenvalue weighted by atomic mass is 10.2. The number of ether oxygens (including phenoxy) is 1. The third kappa shape index (κ3) is 3.90. The van der Waals surface area contributed by atoms with E-state index in [0.717, 1.165) is 11.3 Å². The van der Waals surface area contributed by atoms with Gasteiger partial charge in [0.25, 0.3) is 0 Å². The van der Waals surface area contributed by atoms with Crippen molar-refractivity contribution in [3.05, 3.63) is 29.8 Å². The number of benzene rings is 1. The van der Waals surface area contributed by atoms with Crippen LogP contribution in [0.4, 0.5) is 0 Å². The SMILES string of the molecule is Cc1cccc(OCCN(C)C(=O)CN)c1. The van der Waals surface area contributed by atoms with Crippen molar-refractivity contribution in [2.24, 2.45) is 5.73 Å². The summed E-state index contributed by atoms with van der Waals surface area (Å²) in [6.45, 7) is 3.08. The summed E-state index contributed by atoms with van der Waals surface area (Å²) in [6.07, 6.45) is 0. The Morgan fingerprint density at radius 1 is 1.50 bits per heavy atom. The van der Waals surface area contributed by atoms with Crippen molar-refractivity contribution < 1.29 is 9.53 Å². The molecule has 0 aliphatic heterocycles. The summed E-state index contributed by atoms with van der Waals surface area (Å²) >= 11 is 0. The van der Waals surface area contributed by atoms with Gasteiger partial charge < -0.3 is 15.4 Å². The largest absolute Gasteiger partial charge is 0.492 e. The van der Waals surface area contributed by atoms with Gasteiger partial charge in [-0.25, -0.2) is 0 Å². The van der Waals surface area contributed by atoms with Crippen molar-refractivity contribution in [2.45, 2.75) is 6.92 Å². The molecule has 1 rings (SSSR count). The van der Waals surface area contributed by atoms with Crippen molar-refractivity contribution in [1.29, 1.82) is 0 Å². The van der Waals surface area contributed by atoms with Crippen LogP contribution in [-0.2, 0) is 4.79 Å². The lowest BCUT2D eigenvalue weighted by Crippen LogP contribution is -2.35. The van der Waals surface area contributed by atoms with Gasteiger partial charge in [-0.05, 0) is 24.6 Å². The first kappa shape index (κ1) is 12.5. The van der Waals surface area contributed by atoms with Gasteiger partial charge in [-0.3, -0.25) is 4.79 Å². The van der Waals surface area contributed by atoms with E-state index < -0.39 is 0 Å². The van der Waals surface area contributed by atoms with E-state index >= 15 is 0 Å². The highest BCUT2D eigenvalue weighted by Crippen LogP contribution is 2.11. The lowest BCUT2D eigenvalue weighted by molar-refractivity contribution is -0.128. The quantitative estimate of drug-likeness (QED) is 0.801. The Morgan fingerprint density at radius 2 is 2.25 bits per heavy atom. The fraction of sp³-hybridized carbons (Fsp3) is 0.417. The summed E-state index contributed by atoms with van der Waals surface area (Å²) < 4.78 is 5.52. The number of amides is 1. The van der Waals surface area contributed by atoms with E-state index in [4.69, 9.17) is 10.5 Å². The fourth-order valence-corrected chi connectivity index (χ4v) is 1.29. The first-order valence-corrected chi connectivity index (χ1v) is 5.27. The summed E-state index contributed by atoms with van der Waals surface area (Å²) in [5, 5.41) is 0. The molecule has 0 saturated carbocycles. The fourth-order valence-electron chi connectivity index (χ4n) is 1.29. The smallest absolute Gasteiger partial charge is 0.236 e. The Morgan fingerprint density at radius 3 is 2.88 bits per heavy atom. The molecule has 0 radical (unpaired) electrons. The molecule has 1 amide bonds. The van der Waals surface area contributed by atoms with Crippen molar-refractivity contribution in [3.63, 3.8) is 0 Å². The van der Waals surface area contributed by atoms with Gasteiger partial charge in [-0.15, -0.1) is 0 Å². The van der Waals surface area contributed by atoms with Crippen LogP contribution in [-0.4, -0.2) is 37.6 Å². The van der Waals surface area contributed by atoms with Crippen LogP contribution in [0.3, 0.4) is 0 Å². The standard InChI is InChI=1S/C12H18N2O2/c1-10-4-3-5-11(8-10)16-7-6-14(2)12(15)9-13/h3-5,8H,6-7,9,13H2,1-2H3. The normalized spacial score (nSPS) is 9.94. The summed E-state index contributed by atoms with van der Waals surface area (Å²) in [5.41, 5.74) is 6.40. The zero-order valence-electron chi connectivity index (χ0n) is 9.77. The molecular formula is C12H18N2O2. The number of nitrogens with two attached hydrogens (primary N) is 1. The third-order valence-electron chi connectivity index (χ3n) is 2.29. The summed E-state index contributed by atoms with van der Waals surface area (Å²) in [6, 6.07) is 7.82. The van der Waals surface area contributed by atoms with Crippen LogP contribution in [0.25, 0.3) is 0 Å². The molecule has 0 aliphatic carbocycles. The van der Waals surface area contributed by atoms with Crippen LogP contribution in [0.15, 0.2) is 24.3 Å². The van der Waals surface area contributed by atoms with Crippen molar-refractivity contribution in [2.75, 3.05) is 26.7 Å². The van der Waals surface area contributed by atoms with Crippen molar-refractivity contribution in [1.82, 2.24) is 4.90 Å². The summed E-state index contributed by atoms with van der Waals surface area (Å²) in [7, 11) is 1.72. The van der Waals surface area contributed by atoms with Crippen LogP contribution < -0.4 is 10.5 Å². The number of nitrogens with zero attached hydrogens (tertiary/aromatic N) is 1. The molecule has 1 aromatic rings. The highest BCUT2D eigenvalue weighted by molar-refractivity contribution is 5.77. The molecule has 0 fully saturated rings. The second-order valence-electron chi connectivity index (χ2n) is 3.68. The van der Waals surface area contributed by atoms with Crippen molar-refractivity contribution >= 4 is 5.91 Å². The second kappa shape index (κ2) is 6.12. The third-order valence-corrected chi connectivity index (χ3v) is 2.29. The maximum Gasteiger partial charge on any atom is 0.236 e. The average Bonchev–Trinajstić information content (AvgIpc) is 2.28. The molecule has 0 heterocycles. The number of carbonyl (C=O) groups excluding carboxylic acids is 1. The van der Waals surface area contributed by atoms with Gasteiger partial charge in [0.15, 0.2) is 0 Å².